The summed E-state index contributed by atoms with van der Waals surface area (Å²) in [6.45, 7) is 2.10. The zero-order valence-corrected chi connectivity index (χ0v) is 15.8. The highest BCUT2D eigenvalue weighted by molar-refractivity contribution is 7.98. The Balaban J connectivity index is 1.80. The Hall–Kier alpha value is -2.51. The van der Waals surface area contributed by atoms with Gasteiger partial charge in [-0.05, 0) is 30.7 Å². The van der Waals surface area contributed by atoms with Crippen molar-refractivity contribution in [1.29, 1.82) is 0 Å². The molecule has 0 radical (unpaired) electrons. The highest BCUT2D eigenvalue weighted by atomic mass is 32.2. The summed E-state index contributed by atoms with van der Waals surface area (Å²) >= 11 is 3.18. The summed E-state index contributed by atoms with van der Waals surface area (Å²) in [5.74, 6) is 0.668. The standard InChI is InChI=1S/C19H16N4OS2/c1-2-17-21-13(11-25-17)12-26-19-22-16-8-4-3-7-15(16)18(24)23(19)14-6-5-9-20-10-14/h3-11H,2,12H2,1H3. The summed E-state index contributed by atoms with van der Waals surface area (Å²) in [5.41, 5.74) is 2.34. The fourth-order valence-corrected chi connectivity index (χ4v) is 4.39. The van der Waals surface area contributed by atoms with Crippen molar-refractivity contribution < 1.29 is 0 Å². The Morgan fingerprint density at radius 2 is 2.04 bits per heavy atom. The molecule has 26 heavy (non-hydrogen) atoms. The van der Waals surface area contributed by atoms with E-state index in [-0.39, 0.29) is 5.56 Å². The molecule has 0 fully saturated rings. The van der Waals surface area contributed by atoms with Gasteiger partial charge >= 0.3 is 0 Å². The first-order valence-corrected chi connectivity index (χ1v) is 10.1. The Morgan fingerprint density at radius 1 is 1.15 bits per heavy atom. The molecular weight excluding hydrogens is 364 g/mol. The third-order valence-electron chi connectivity index (χ3n) is 3.90. The van der Waals surface area contributed by atoms with Crippen molar-refractivity contribution in [1.82, 2.24) is 19.5 Å². The monoisotopic (exact) mass is 380 g/mol. The van der Waals surface area contributed by atoms with Gasteiger partial charge in [0.2, 0.25) is 0 Å². The van der Waals surface area contributed by atoms with Crippen LogP contribution in [0.2, 0.25) is 0 Å². The second-order valence-electron chi connectivity index (χ2n) is 5.64. The van der Waals surface area contributed by atoms with Gasteiger partial charge in [-0.25, -0.2) is 9.97 Å². The fourth-order valence-electron chi connectivity index (χ4n) is 2.64. The maximum atomic E-state index is 13.1. The van der Waals surface area contributed by atoms with E-state index in [2.05, 4.69) is 22.3 Å². The van der Waals surface area contributed by atoms with E-state index in [1.54, 1.807) is 34.4 Å². The van der Waals surface area contributed by atoms with Crippen LogP contribution in [0, 0.1) is 0 Å². The Morgan fingerprint density at radius 3 is 2.81 bits per heavy atom. The van der Waals surface area contributed by atoms with Gasteiger partial charge in [0.15, 0.2) is 5.16 Å². The Kier molecular flexibility index (Phi) is 4.81. The molecule has 3 aromatic heterocycles. The van der Waals surface area contributed by atoms with E-state index in [1.165, 1.54) is 11.8 Å². The molecule has 0 bridgehead atoms. The van der Waals surface area contributed by atoms with Crippen LogP contribution in [-0.4, -0.2) is 19.5 Å². The summed E-state index contributed by atoms with van der Waals surface area (Å²) in [4.78, 5) is 26.6. The van der Waals surface area contributed by atoms with Crippen LogP contribution in [0.15, 0.2) is 64.1 Å². The zero-order chi connectivity index (χ0) is 17.9. The molecule has 0 amide bonds. The molecule has 0 aliphatic heterocycles. The van der Waals surface area contributed by atoms with Crippen LogP contribution >= 0.6 is 23.1 Å². The second-order valence-corrected chi connectivity index (χ2v) is 7.52. The number of nitrogens with zero attached hydrogens (tertiary/aromatic N) is 4. The lowest BCUT2D eigenvalue weighted by Gasteiger charge is -2.12. The van der Waals surface area contributed by atoms with Gasteiger partial charge in [0.1, 0.15) is 0 Å². The molecule has 3 heterocycles. The lowest BCUT2D eigenvalue weighted by atomic mass is 10.2. The maximum Gasteiger partial charge on any atom is 0.266 e. The highest BCUT2D eigenvalue weighted by Gasteiger charge is 2.14. The molecule has 130 valence electrons. The van der Waals surface area contributed by atoms with Crippen LogP contribution in [0.5, 0.6) is 0 Å². The Bertz CT molecular complexity index is 1110. The Labute approximate surface area is 158 Å². The van der Waals surface area contributed by atoms with E-state index >= 15 is 0 Å². The molecule has 0 saturated carbocycles. The van der Waals surface area contributed by atoms with Crippen molar-refractivity contribution in [2.45, 2.75) is 24.3 Å². The molecule has 0 atom stereocenters. The lowest BCUT2D eigenvalue weighted by Crippen LogP contribution is -2.21. The third-order valence-corrected chi connectivity index (χ3v) is 5.91. The number of fused-ring (bicyclic) bond motifs is 1. The van der Waals surface area contributed by atoms with Crippen molar-refractivity contribution >= 4 is 34.0 Å². The second kappa shape index (κ2) is 7.39. The number of aryl methyl sites for hydroxylation is 1. The van der Waals surface area contributed by atoms with E-state index in [1.807, 2.05) is 30.3 Å². The molecule has 1 aromatic carbocycles. The van der Waals surface area contributed by atoms with Crippen LogP contribution in [0.25, 0.3) is 16.6 Å². The number of pyridine rings is 1. The predicted octanol–water partition coefficient (Wildman–Crippen LogP) is 4.09. The first-order valence-electron chi connectivity index (χ1n) is 8.24. The van der Waals surface area contributed by atoms with E-state index < -0.39 is 0 Å². The quantitative estimate of drug-likeness (QED) is 0.385. The van der Waals surface area contributed by atoms with Crippen LogP contribution in [-0.2, 0) is 12.2 Å². The van der Waals surface area contributed by atoms with E-state index in [9.17, 15) is 4.79 Å². The van der Waals surface area contributed by atoms with Crippen molar-refractivity contribution in [3.8, 4) is 5.69 Å². The van der Waals surface area contributed by atoms with E-state index in [0.29, 0.717) is 27.5 Å². The van der Waals surface area contributed by atoms with Crippen LogP contribution in [0.1, 0.15) is 17.6 Å². The molecule has 7 heteroatoms. The molecular formula is C19H16N4OS2. The number of thioether (sulfide) groups is 1. The van der Waals surface area contributed by atoms with Crippen molar-refractivity contribution in [3.05, 3.63) is 75.2 Å². The average Bonchev–Trinajstić information content (AvgIpc) is 3.15. The average molecular weight is 380 g/mol. The highest BCUT2D eigenvalue weighted by Crippen LogP contribution is 2.25. The number of hydrogen-bond acceptors (Lipinski definition) is 6. The topological polar surface area (TPSA) is 60.7 Å². The van der Waals surface area contributed by atoms with Gasteiger partial charge in [-0.3, -0.25) is 14.3 Å². The first-order chi connectivity index (χ1) is 12.8. The number of aromatic nitrogens is 4. The van der Waals surface area contributed by atoms with Crippen molar-refractivity contribution in [2.75, 3.05) is 0 Å². The number of hydrogen-bond donors (Lipinski definition) is 0. The van der Waals surface area contributed by atoms with E-state index in [0.717, 1.165) is 17.1 Å². The minimum absolute atomic E-state index is 0.0846. The molecule has 0 aliphatic carbocycles. The van der Waals surface area contributed by atoms with Gasteiger partial charge in [0.25, 0.3) is 5.56 Å². The summed E-state index contributed by atoms with van der Waals surface area (Å²) in [7, 11) is 0. The normalized spacial score (nSPS) is 11.1. The SMILES string of the molecule is CCc1nc(CSc2nc3ccccc3c(=O)n2-c2cccnc2)cs1. The third kappa shape index (κ3) is 3.27. The molecule has 0 spiro atoms. The summed E-state index contributed by atoms with van der Waals surface area (Å²) in [6.07, 6.45) is 4.31. The molecule has 0 saturated heterocycles. The zero-order valence-electron chi connectivity index (χ0n) is 14.1. The molecule has 4 rings (SSSR count). The molecule has 0 unspecified atom stereocenters. The predicted molar refractivity (Wildman–Crippen MR) is 106 cm³/mol. The van der Waals surface area contributed by atoms with Crippen LogP contribution in [0.3, 0.4) is 0 Å². The lowest BCUT2D eigenvalue weighted by molar-refractivity contribution is 0.815. The van der Waals surface area contributed by atoms with Crippen LogP contribution in [0.4, 0.5) is 0 Å². The largest absolute Gasteiger partial charge is 0.268 e. The summed E-state index contributed by atoms with van der Waals surface area (Å²) in [5, 5.41) is 4.44. The molecule has 0 N–H and O–H groups in total. The number of rotatable bonds is 5. The molecule has 4 aromatic rings. The van der Waals surface area contributed by atoms with E-state index in [4.69, 9.17) is 4.98 Å². The maximum absolute atomic E-state index is 13.1. The fraction of sp³-hybridized carbons (Fsp3) is 0.158. The molecule has 5 nitrogen and oxygen atoms in total. The smallest absolute Gasteiger partial charge is 0.266 e. The van der Waals surface area contributed by atoms with Gasteiger partial charge in [-0.15, -0.1) is 11.3 Å². The summed E-state index contributed by atoms with van der Waals surface area (Å²) in [6, 6.07) is 11.1. The van der Waals surface area contributed by atoms with Gasteiger partial charge < -0.3 is 0 Å². The number of thiazole rings is 1. The van der Waals surface area contributed by atoms with Gasteiger partial charge in [0.05, 0.1) is 33.5 Å². The van der Waals surface area contributed by atoms with Gasteiger partial charge in [-0.1, -0.05) is 30.8 Å². The number of para-hydroxylation sites is 1. The van der Waals surface area contributed by atoms with Gasteiger partial charge in [-0.2, -0.15) is 0 Å². The van der Waals surface area contributed by atoms with Gasteiger partial charge in [0, 0.05) is 17.3 Å². The molecule has 0 aliphatic rings. The van der Waals surface area contributed by atoms with Crippen LogP contribution < -0.4 is 5.56 Å². The van der Waals surface area contributed by atoms with Crippen molar-refractivity contribution in [3.63, 3.8) is 0 Å². The minimum Gasteiger partial charge on any atom is -0.268 e. The summed E-state index contributed by atoms with van der Waals surface area (Å²) < 4.78 is 1.63. The number of benzene rings is 1. The minimum atomic E-state index is -0.0846. The first kappa shape index (κ1) is 16.9. The van der Waals surface area contributed by atoms with Crippen molar-refractivity contribution in [2.24, 2.45) is 0 Å².